The Kier molecular flexibility index (Phi) is 5.64. The van der Waals surface area contributed by atoms with Crippen molar-refractivity contribution in [3.8, 4) is 0 Å². The fourth-order valence-corrected chi connectivity index (χ4v) is 2.35. The van der Waals surface area contributed by atoms with Gasteiger partial charge in [0.25, 0.3) is 0 Å². The average molecular weight is 309 g/mol. The van der Waals surface area contributed by atoms with Gasteiger partial charge in [0.05, 0.1) is 4.90 Å². The van der Waals surface area contributed by atoms with Crippen molar-refractivity contribution in [1.29, 1.82) is 0 Å². The zero-order valence-corrected chi connectivity index (χ0v) is 12.8. The van der Waals surface area contributed by atoms with E-state index in [0.717, 1.165) is 29.9 Å². The van der Waals surface area contributed by atoms with E-state index >= 15 is 0 Å². The molecule has 0 unspecified atom stereocenters. The van der Waals surface area contributed by atoms with Crippen LogP contribution in [0.2, 0.25) is 0 Å². The van der Waals surface area contributed by atoms with Crippen LogP contribution in [0.4, 0.5) is 8.78 Å². The van der Waals surface area contributed by atoms with E-state index in [1.54, 1.807) is 12.4 Å². The number of hydrogen-bond acceptors (Lipinski definition) is 4. The molecule has 0 saturated heterocycles. The second kappa shape index (κ2) is 7.47. The van der Waals surface area contributed by atoms with Crippen molar-refractivity contribution in [2.75, 3.05) is 6.54 Å². The molecule has 112 valence electrons. The van der Waals surface area contributed by atoms with Gasteiger partial charge in [-0.05, 0) is 36.4 Å². The molecule has 21 heavy (non-hydrogen) atoms. The molecule has 1 N–H and O–H groups in total. The van der Waals surface area contributed by atoms with Gasteiger partial charge in [-0.15, -0.1) is 0 Å². The lowest BCUT2D eigenvalue weighted by Crippen LogP contribution is -2.19. The zero-order chi connectivity index (χ0) is 15.2. The summed E-state index contributed by atoms with van der Waals surface area (Å²) in [4.78, 5) is 8.68. The lowest BCUT2D eigenvalue weighted by atomic mass is 10.2. The normalized spacial score (nSPS) is 11.1. The smallest absolute Gasteiger partial charge is 0.192 e. The lowest BCUT2D eigenvalue weighted by molar-refractivity contribution is 0.550. The summed E-state index contributed by atoms with van der Waals surface area (Å²) in [6.45, 7) is 5.91. The summed E-state index contributed by atoms with van der Waals surface area (Å²) < 4.78 is 26.4. The highest BCUT2D eigenvalue weighted by Crippen LogP contribution is 2.27. The molecule has 0 radical (unpaired) electrons. The largest absolute Gasteiger partial charge is 0.312 e. The van der Waals surface area contributed by atoms with Crippen LogP contribution < -0.4 is 5.32 Å². The maximum atomic E-state index is 13.5. The molecule has 0 aliphatic rings. The van der Waals surface area contributed by atoms with Gasteiger partial charge in [-0.3, -0.25) is 0 Å². The van der Waals surface area contributed by atoms with Crippen molar-refractivity contribution < 1.29 is 8.78 Å². The summed E-state index contributed by atoms with van der Waals surface area (Å²) in [7, 11) is 0. The maximum Gasteiger partial charge on any atom is 0.192 e. The van der Waals surface area contributed by atoms with Crippen molar-refractivity contribution in [2.24, 2.45) is 5.92 Å². The van der Waals surface area contributed by atoms with Gasteiger partial charge in [0.15, 0.2) is 5.16 Å². The van der Waals surface area contributed by atoms with Gasteiger partial charge in [-0.1, -0.05) is 13.8 Å². The summed E-state index contributed by atoms with van der Waals surface area (Å²) in [5.74, 6) is -0.613. The number of rotatable bonds is 6. The van der Waals surface area contributed by atoms with Crippen molar-refractivity contribution in [2.45, 2.75) is 30.4 Å². The summed E-state index contributed by atoms with van der Waals surface area (Å²) in [5, 5.41) is 3.74. The molecule has 0 amide bonds. The van der Waals surface area contributed by atoms with Gasteiger partial charge < -0.3 is 5.32 Å². The van der Waals surface area contributed by atoms with Gasteiger partial charge in [0, 0.05) is 30.6 Å². The molecule has 0 aliphatic heterocycles. The molecule has 6 heteroatoms. The van der Waals surface area contributed by atoms with E-state index in [-0.39, 0.29) is 0 Å². The molecule has 0 bridgehead atoms. The average Bonchev–Trinajstić information content (AvgIpc) is 2.43. The SMILES string of the molecule is CC(C)CNCc1cnc(Sc2ccc(F)cc2F)nc1. The molecule has 0 atom stereocenters. The minimum atomic E-state index is -0.605. The summed E-state index contributed by atoms with van der Waals surface area (Å²) in [6.07, 6.45) is 3.42. The highest BCUT2D eigenvalue weighted by atomic mass is 32.2. The second-order valence-corrected chi connectivity index (χ2v) is 6.08. The predicted molar refractivity (Wildman–Crippen MR) is 79.1 cm³/mol. The van der Waals surface area contributed by atoms with Crippen LogP contribution in [0.3, 0.4) is 0 Å². The number of aromatic nitrogens is 2. The third-order valence-corrected chi connectivity index (χ3v) is 3.60. The van der Waals surface area contributed by atoms with Gasteiger partial charge in [0.1, 0.15) is 11.6 Å². The minimum absolute atomic E-state index is 0.307. The molecule has 1 heterocycles. The highest BCUT2D eigenvalue weighted by Gasteiger charge is 2.07. The number of hydrogen-bond donors (Lipinski definition) is 1. The Labute approximate surface area is 127 Å². The monoisotopic (exact) mass is 309 g/mol. The van der Waals surface area contributed by atoms with E-state index in [2.05, 4.69) is 29.1 Å². The Bertz CT molecular complexity index is 588. The summed E-state index contributed by atoms with van der Waals surface area (Å²) in [6, 6.07) is 3.46. The van der Waals surface area contributed by atoms with E-state index in [1.165, 1.54) is 12.1 Å². The molecular formula is C15H17F2N3S. The van der Waals surface area contributed by atoms with Crippen LogP contribution >= 0.6 is 11.8 Å². The number of halogens is 2. The first-order valence-corrected chi connectivity index (χ1v) is 7.51. The molecule has 1 aromatic carbocycles. The summed E-state index contributed by atoms with van der Waals surface area (Å²) >= 11 is 1.08. The first-order chi connectivity index (χ1) is 10.0. The fourth-order valence-electron chi connectivity index (χ4n) is 1.65. The molecule has 2 rings (SSSR count). The van der Waals surface area contributed by atoms with Crippen LogP contribution in [0, 0.1) is 17.6 Å². The van der Waals surface area contributed by atoms with Gasteiger partial charge in [-0.25, -0.2) is 18.7 Å². The van der Waals surface area contributed by atoms with Crippen LogP contribution in [-0.2, 0) is 6.54 Å². The standard InChI is InChI=1S/C15H17F2N3S/c1-10(2)6-18-7-11-8-19-15(20-9-11)21-14-4-3-12(16)5-13(14)17/h3-5,8-10,18H,6-7H2,1-2H3. The Hall–Kier alpha value is -1.53. The topological polar surface area (TPSA) is 37.8 Å². The zero-order valence-electron chi connectivity index (χ0n) is 11.9. The fraction of sp³-hybridized carbons (Fsp3) is 0.333. The minimum Gasteiger partial charge on any atom is -0.312 e. The van der Waals surface area contributed by atoms with E-state index in [0.29, 0.717) is 22.5 Å². The Morgan fingerprint density at radius 1 is 1.19 bits per heavy atom. The number of benzene rings is 1. The molecule has 0 spiro atoms. The van der Waals surface area contributed by atoms with Crippen molar-refractivity contribution >= 4 is 11.8 Å². The number of nitrogens with zero attached hydrogens (tertiary/aromatic N) is 2. The van der Waals surface area contributed by atoms with E-state index < -0.39 is 11.6 Å². The second-order valence-electron chi connectivity index (χ2n) is 5.08. The van der Waals surface area contributed by atoms with Crippen molar-refractivity contribution in [1.82, 2.24) is 15.3 Å². The third-order valence-electron chi connectivity index (χ3n) is 2.66. The van der Waals surface area contributed by atoms with E-state index in [9.17, 15) is 8.78 Å². The van der Waals surface area contributed by atoms with Crippen LogP contribution in [0.25, 0.3) is 0 Å². The van der Waals surface area contributed by atoms with Crippen LogP contribution in [-0.4, -0.2) is 16.5 Å². The van der Waals surface area contributed by atoms with Crippen molar-refractivity contribution in [3.63, 3.8) is 0 Å². The Balaban J connectivity index is 1.95. The molecule has 3 nitrogen and oxygen atoms in total. The van der Waals surface area contributed by atoms with Crippen LogP contribution in [0.15, 0.2) is 40.6 Å². The maximum absolute atomic E-state index is 13.5. The highest BCUT2D eigenvalue weighted by molar-refractivity contribution is 7.99. The summed E-state index contributed by atoms with van der Waals surface area (Å²) in [5.41, 5.74) is 0.972. The van der Waals surface area contributed by atoms with Gasteiger partial charge in [0.2, 0.25) is 0 Å². The quantitative estimate of drug-likeness (QED) is 0.827. The predicted octanol–water partition coefficient (Wildman–Crippen LogP) is 3.65. The van der Waals surface area contributed by atoms with E-state index in [1.807, 2.05) is 0 Å². The van der Waals surface area contributed by atoms with Crippen LogP contribution in [0.1, 0.15) is 19.4 Å². The molecule has 1 aromatic heterocycles. The molecule has 0 aliphatic carbocycles. The van der Waals surface area contributed by atoms with Crippen molar-refractivity contribution in [3.05, 3.63) is 47.8 Å². The molecule has 0 fully saturated rings. The number of nitrogens with one attached hydrogen (secondary N) is 1. The molecule has 0 saturated carbocycles. The molecular weight excluding hydrogens is 292 g/mol. The third kappa shape index (κ3) is 5.06. The van der Waals surface area contributed by atoms with Gasteiger partial charge in [-0.2, -0.15) is 0 Å². The van der Waals surface area contributed by atoms with Crippen LogP contribution in [0.5, 0.6) is 0 Å². The molecule has 2 aromatic rings. The lowest BCUT2D eigenvalue weighted by Gasteiger charge is -2.07. The van der Waals surface area contributed by atoms with Gasteiger partial charge >= 0.3 is 0 Å². The Morgan fingerprint density at radius 2 is 1.90 bits per heavy atom. The van der Waals surface area contributed by atoms with E-state index in [4.69, 9.17) is 0 Å². The first kappa shape index (κ1) is 15.9. The Morgan fingerprint density at radius 3 is 2.52 bits per heavy atom. The first-order valence-electron chi connectivity index (χ1n) is 6.69.